The van der Waals surface area contributed by atoms with Crippen molar-refractivity contribution >= 4 is 6.09 Å². The summed E-state index contributed by atoms with van der Waals surface area (Å²) in [4.78, 5) is 17.3. The molecule has 1 aliphatic heterocycles. The second-order valence-corrected chi connectivity index (χ2v) is 7.33. The molecule has 0 saturated heterocycles. The number of carbonyl (C=O) groups is 1. The lowest BCUT2D eigenvalue weighted by atomic mass is 9.92. The van der Waals surface area contributed by atoms with Gasteiger partial charge >= 0.3 is 6.09 Å². The van der Waals surface area contributed by atoms with E-state index in [-0.39, 0.29) is 6.10 Å². The van der Waals surface area contributed by atoms with E-state index < -0.39 is 11.6 Å². The van der Waals surface area contributed by atoms with Crippen molar-refractivity contribution < 1.29 is 14.6 Å². The third-order valence-electron chi connectivity index (χ3n) is 4.56. The third-order valence-corrected chi connectivity index (χ3v) is 4.56. The monoisotopic (exact) mass is 340 g/mol. The smallest absolute Gasteiger partial charge is 0.407 e. The molecule has 0 saturated carbocycles. The van der Waals surface area contributed by atoms with Crippen LogP contribution in [0.25, 0.3) is 11.1 Å². The predicted octanol–water partition coefficient (Wildman–Crippen LogP) is 4.14. The van der Waals surface area contributed by atoms with Gasteiger partial charge in [0.1, 0.15) is 6.10 Å². The molecule has 5 heteroatoms. The SMILES string of the molecule is CC(C)(C)N(C[C@H]1OCCc2cc(-c3cccnc3)ccc21)C(=O)O. The second kappa shape index (κ2) is 6.84. The van der Waals surface area contributed by atoms with Gasteiger partial charge in [0.2, 0.25) is 0 Å². The number of benzene rings is 1. The number of hydrogen-bond donors (Lipinski definition) is 1. The highest BCUT2D eigenvalue weighted by Crippen LogP contribution is 2.32. The summed E-state index contributed by atoms with van der Waals surface area (Å²) in [5, 5.41) is 9.54. The van der Waals surface area contributed by atoms with Crippen molar-refractivity contribution in [2.24, 2.45) is 0 Å². The van der Waals surface area contributed by atoms with Crippen LogP contribution in [0, 0.1) is 0 Å². The van der Waals surface area contributed by atoms with E-state index in [9.17, 15) is 9.90 Å². The quantitative estimate of drug-likeness (QED) is 0.912. The molecule has 5 nitrogen and oxygen atoms in total. The van der Waals surface area contributed by atoms with E-state index in [0.717, 1.165) is 23.1 Å². The first kappa shape index (κ1) is 17.4. The maximum absolute atomic E-state index is 11.6. The summed E-state index contributed by atoms with van der Waals surface area (Å²) < 4.78 is 5.91. The molecule has 0 fully saturated rings. The van der Waals surface area contributed by atoms with Crippen LogP contribution in [0.5, 0.6) is 0 Å². The van der Waals surface area contributed by atoms with E-state index in [1.54, 1.807) is 6.20 Å². The van der Waals surface area contributed by atoms with Gasteiger partial charge in [0.05, 0.1) is 13.2 Å². The summed E-state index contributed by atoms with van der Waals surface area (Å²) in [6, 6.07) is 10.3. The molecule has 0 bridgehead atoms. The highest BCUT2D eigenvalue weighted by atomic mass is 16.5. The molecule has 0 spiro atoms. The topological polar surface area (TPSA) is 62.7 Å². The van der Waals surface area contributed by atoms with Crippen molar-refractivity contribution in [3.63, 3.8) is 0 Å². The van der Waals surface area contributed by atoms with Crippen LogP contribution in [-0.4, -0.2) is 39.8 Å². The molecule has 132 valence electrons. The van der Waals surface area contributed by atoms with Crippen LogP contribution in [0.3, 0.4) is 0 Å². The average molecular weight is 340 g/mol. The molecule has 0 aliphatic carbocycles. The van der Waals surface area contributed by atoms with Crippen molar-refractivity contribution in [3.05, 3.63) is 53.9 Å². The minimum Gasteiger partial charge on any atom is -0.465 e. The summed E-state index contributed by atoms with van der Waals surface area (Å²) in [7, 11) is 0. The number of pyridine rings is 1. The van der Waals surface area contributed by atoms with Gasteiger partial charge in [0, 0.05) is 17.9 Å². The number of fused-ring (bicyclic) bond motifs is 1. The number of nitrogens with zero attached hydrogens (tertiary/aromatic N) is 2. The number of amides is 1. The summed E-state index contributed by atoms with van der Waals surface area (Å²) in [6.07, 6.45) is 3.29. The van der Waals surface area contributed by atoms with Crippen LogP contribution in [0.2, 0.25) is 0 Å². The zero-order valence-electron chi connectivity index (χ0n) is 14.9. The van der Waals surface area contributed by atoms with Gasteiger partial charge in [0.15, 0.2) is 0 Å². The molecule has 2 aromatic rings. The number of rotatable bonds is 3. The number of carboxylic acid groups (broad SMARTS) is 1. The summed E-state index contributed by atoms with van der Waals surface area (Å²) in [6.45, 7) is 6.63. The first-order valence-corrected chi connectivity index (χ1v) is 8.51. The molecule has 1 aliphatic rings. The van der Waals surface area contributed by atoms with Gasteiger partial charge < -0.3 is 14.7 Å². The molecule has 25 heavy (non-hydrogen) atoms. The van der Waals surface area contributed by atoms with E-state index in [2.05, 4.69) is 23.2 Å². The first-order valence-electron chi connectivity index (χ1n) is 8.51. The number of ether oxygens (including phenoxy) is 1. The molecular weight excluding hydrogens is 316 g/mol. The molecular formula is C20H24N2O3. The fourth-order valence-corrected chi connectivity index (χ4v) is 3.21. The standard InChI is InChI=1S/C20H24N2O3/c1-20(2,3)22(19(23)24)13-18-17-7-6-14(11-15(17)8-10-25-18)16-5-4-9-21-12-16/h4-7,9,11-12,18H,8,10,13H2,1-3H3,(H,23,24)/t18-/m1/s1. The fourth-order valence-electron chi connectivity index (χ4n) is 3.21. The molecule has 2 heterocycles. The molecule has 1 N–H and O–H groups in total. The highest BCUT2D eigenvalue weighted by molar-refractivity contribution is 5.66. The Morgan fingerprint density at radius 2 is 2.12 bits per heavy atom. The van der Waals surface area contributed by atoms with Gasteiger partial charge in [-0.2, -0.15) is 0 Å². The van der Waals surface area contributed by atoms with Crippen LogP contribution in [0.15, 0.2) is 42.7 Å². The maximum Gasteiger partial charge on any atom is 0.407 e. The summed E-state index contributed by atoms with van der Waals surface area (Å²) in [5.41, 5.74) is 4.03. The Bertz CT molecular complexity index is 753. The lowest BCUT2D eigenvalue weighted by Gasteiger charge is -2.37. The predicted molar refractivity (Wildman–Crippen MR) is 96.6 cm³/mol. The Morgan fingerprint density at radius 1 is 1.32 bits per heavy atom. The van der Waals surface area contributed by atoms with Crippen LogP contribution in [0.1, 0.15) is 38.0 Å². The Balaban J connectivity index is 1.89. The number of hydrogen-bond acceptors (Lipinski definition) is 3. The van der Waals surface area contributed by atoms with Crippen LogP contribution in [-0.2, 0) is 11.2 Å². The van der Waals surface area contributed by atoms with E-state index in [4.69, 9.17) is 4.74 Å². The number of aromatic nitrogens is 1. The largest absolute Gasteiger partial charge is 0.465 e. The van der Waals surface area contributed by atoms with Crippen molar-refractivity contribution in [2.45, 2.75) is 38.8 Å². The van der Waals surface area contributed by atoms with Gasteiger partial charge in [-0.05, 0) is 55.5 Å². The van der Waals surface area contributed by atoms with Crippen LogP contribution >= 0.6 is 0 Å². The van der Waals surface area contributed by atoms with Crippen molar-refractivity contribution in [3.8, 4) is 11.1 Å². The first-order chi connectivity index (χ1) is 11.9. The minimum atomic E-state index is -0.921. The van der Waals surface area contributed by atoms with Gasteiger partial charge in [-0.3, -0.25) is 4.98 Å². The molecule has 1 amide bonds. The van der Waals surface area contributed by atoms with Gasteiger partial charge in [-0.15, -0.1) is 0 Å². The lowest BCUT2D eigenvalue weighted by Crippen LogP contribution is -2.47. The van der Waals surface area contributed by atoms with Gasteiger partial charge in [0.25, 0.3) is 0 Å². The molecule has 1 aromatic heterocycles. The Hall–Kier alpha value is -2.40. The highest BCUT2D eigenvalue weighted by Gasteiger charge is 2.31. The molecule has 0 unspecified atom stereocenters. The summed E-state index contributed by atoms with van der Waals surface area (Å²) in [5.74, 6) is 0. The third kappa shape index (κ3) is 3.82. The van der Waals surface area contributed by atoms with Crippen molar-refractivity contribution in [1.29, 1.82) is 0 Å². The van der Waals surface area contributed by atoms with Crippen LogP contribution in [0.4, 0.5) is 4.79 Å². The van der Waals surface area contributed by atoms with Gasteiger partial charge in [-0.25, -0.2) is 4.79 Å². The van der Waals surface area contributed by atoms with E-state index in [1.807, 2.05) is 39.1 Å². The molecule has 1 atom stereocenters. The van der Waals surface area contributed by atoms with Crippen LogP contribution < -0.4 is 0 Å². The molecule has 0 radical (unpaired) electrons. The lowest BCUT2D eigenvalue weighted by molar-refractivity contribution is -0.000795. The molecule has 1 aromatic carbocycles. The minimum absolute atomic E-state index is 0.234. The zero-order valence-corrected chi connectivity index (χ0v) is 14.9. The fraction of sp³-hybridized carbons (Fsp3) is 0.400. The Morgan fingerprint density at radius 3 is 2.76 bits per heavy atom. The zero-order chi connectivity index (χ0) is 18.0. The van der Waals surface area contributed by atoms with E-state index in [1.165, 1.54) is 10.5 Å². The van der Waals surface area contributed by atoms with Gasteiger partial charge in [-0.1, -0.05) is 24.3 Å². The van der Waals surface area contributed by atoms with E-state index in [0.29, 0.717) is 13.2 Å². The average Bonchev–Trinajstić information content (AvgIpc) is 2.58. The molecule has 3 rings (SSSR count). The Labute approximate surface area is 148 Å². The van der Waals surface area contributed by atoms with Crippen molar-refractivity contribution in [2.75, 3.05) is 13.2 Å². The summed E-state index contributed by atoms with van der Waals surface area (Å²) >= 11 is 0. The maximum atomic E-state index is 11.6. The normalized spacial score (nSPS) is 17.0. The second-order valence-electron chi connectivity index (χ2n) is 7.33. The van der Waals surface area contributed by atoms with E-state index >= 15 is 0 Å². The van der Waals surface area contributed by atoms with Crippen molar-refractivity contribution in [1.82, 2.24) is 9.88 Å². The Kier molecular flexibility index (Phi) is 4.77.